The van der Waals surface area contributed by atoms with E-state index in [0.29, 0.717) is 0 Å². The largest absolute Gasteiger partial charge is 2.00 e. The summed E-state index contributed by atoms with van der Waals surface area (Å²) in [5.41, 5.74) is 8.02. The van der Waals surface area contributed by atoms with Crippen LogP contribution in [-0.4, -0.2) is 19.3 Å². The van der Waals surface area contributed by atoms with Crippen LogP contribution in [0.25, 0.3) is 71.6 Å². The molecule has 0 spiro atoms. The number of para-hydroxylation sites is 2. The van der Waals surface area contributed by atoms with Gasteiger partial charge in [0.1, 0.15) is 11.4 Å². The van der Waals surface area contributed by atoms with Crippen LogP contribution >= 0.6 is 0 Å². The van der Waals surface area contributed by atoms with Crippen molar-refractivity contribution in [2.45, 2.75) is 0 Å². The van der Waals surface area contributed by atoms with Crippen LogP contribution < -0.4 is 4.90 Å². The van der Waals surface area contributed by atoms with Crippen LogP contribution in [0.3, 0.4) is 0 Å². The maximum Gasteiger partial charge on any atom is 2.00 e. The van der Waals surface area contributed by atoms with Gasteiger partial charge >= 0.3 is 21.1 Å². The van der Waals surface area contributed by atoms with Gasteiger partial charge in [-0.2, -0.15) is 6.07 Å². The molecule has 4 aromatic heterocycles. The first-order valence-corrected chi connectivity index (χ1v) is 16.2. The molecule has 0 aliphatic carbocycles. The Hall–Kier alpha value is -5.97. The van der Waals surface area contributed by atoms with Crippen LogP contribution in [0, 0.1) is 12.1 Å². The van der Waals surface area contributed by atoms with Crippen molar-refractivity contribution in [2.75, 3.05) is 4.90 Å². The van der Waals surface area contributed by atoms with E-state index in [1.54, 1.807) is 0 Å². The predicted octanol–water partition coefficient (Wildman–Crippen LogP) is 10.7. The van der Waals surface area contributed by atoms with Crippen LogP contribution in [-0.2, 0) is 28.1 Å². The molecule has 0 saturated heterocycles. The predicted molar refractivity (Wildman–Crippen MR) is 198 cm³/mol. The number of aryl methyl sites for hydroxylation is 1. The van der Waals surface area contributed by atoms with Crippen molar-refractivity contribution >= 4 is 71.6 Å². The number of pyridine rings is 1. The van der Waals surface area contributed by atoms with Crippen LogP contribution in [0.4, 0.5) is 17.1 Å². The van der Waals surface area contributed by atoms with Gasteiger partial charge in [0.15, 0.2) is 5.58 Å². The molecule has 0 amide bonds. The quantitative estimate of drug-likeness (QED) is 0.162. The van der Waals surface area contributed by atoms with Gasteiger partial charge in [-0.3, -0.25) is 4.68 Å². The Kier molecular flexibility index (Phi) is 7.15. The summed E-state index contributed by atoms with van der Waals surface area (Å²) < 4.78 is 10.9. The summed E-state index contributed by atoms with van der Waals surface area (Å²) in [5, 5.41) is 11.3. The van der Waals surface area contributed by atoms with E-state index in [4.69, 9.17) is 9.40 Å². The zero-order chi connectivity index (χ0) is 32.5. The average molecular weight is 825 g/mol. The number of anilines is 3. The molecule has 50 heavy (non-hydrogen) atoms. The van der Waals surface area contributed by atoms with Gasteiger partial charge in [0.25, 0.3) is 0 Å². The van der Waals surface area contributed by atoms with E-state index in [0.717, 1.165) is 88.7 Å². The molecule has 4 heterocycles. The summed E-state index contributed by atoms with van der Waals surface area (Å²) in [6, 6.07) is 53.5. The van der Waals surface area contributed by atoms with Crippen molar-refractivity contribution in [3.8, 4) is 17.1 Å². The first kappa shape index (κ1) is 30.1. The van der Waals surface area contributed by atoms with Crippen molar-refractivity contribution in [1.82, 2.24) is 19.3 Å². The zero-order valence-corrected chi connectivity index (χ0v) is 29.1. The minimum absolute atomic E-state index is 0. The third-order valence-corrected chi connectivity index (χ3v) is 9.31. The molecular formula is C43H27N5OPt. The first-order valence-electron chi connectivity index (χ1n) is 16.2. The third-order valence-electron chi connectivity index (χ3n) is 9.31. The van der Waals surface area contributed by atoms with Gasteiger partial charge in [-0.05, 0) is 46.8 Å². The van der Waals surface area contributed by atoms with E-state index in [1.165, 1.54) is 0 Å². The van der Waals surface area contributed by atoms with E-state index >= 15 is 0 Å². The van der Waals surface area contributed by atoms with Crippen molar-refractivity contribution in [2.24, 2.45) is 7.05 Å². The maximum atomic E-state index is 6.87. The van der Waals surface area contributed by atoms with E-state index in [2.05, 4.69) is 130 Å². The maximum absolute atomic E-state index is 6.87. The topological polar surface area (TPSA) is 52.0 Å². The molecule has 0 aliphatic heterocycles. The molecule has 0 atom stereocenters. The molecule has 0 fully saturated rings. The van der Waals surface area contributed by atoms with Crippen LogP contribution in [0.15, 0.2) is 150 Å². The molecule has 0 radical (unpaired) electrons. The van der Waals surface area contributed by atoms with E-state index in [9.17, 15) is 0 Å². The van der Waals surface area contributed by atoms with Gasteiger partial charge in [-0.15, -0.1) is 47.3 Å². The van der Waals surface area contributed by atoms with Crippen molar-refractivity contribution in [1.29, 1.82) is 0 Å². The molecule has 0 unspecified atom stereocenters. The van der Waals surface area contributed by atoms with E-state index < -0.39 is 0 Å². The van der Waals surface area contributed by atoms with Crippen molar-refractivity contribution in [3.63, 3.8) is 0 Å². The molecule has 0 saturated carbocycles. The Morgan fingerprint density at radius 1 is 0.620 bits per heavy atom. The minimum Gasteiger partial charge on any atom is -0.453 e. The number of benzene rings is 6. The third kappa shape index (κ3) is 4.67. The Labute approximate surface area is 302 Å². The van der Waals surface area contributed by atoms with Gasteiger partial charge in [0, 0.05) is 46.8 Å². The number of nitrogens with zero attached hydrogens (tertiary/aromatic N) is 5. The Morgan fingerprint density at radius 2 is 1.38 bits per heavy atom. The Morgan fingerprint density at radius 3 is 2.24 bits per heavy atom. The molecule has 0 N–H and O–H groups in total. The molecule has 7 heteroatoms. The van der Waals surface area contributed by atoms with E-state index in [1.807, 2.05) is 54.5 Å². The first-order chi connectivity index (χ1) is 24.2. The van der Waals surface area contributed by atoms with Crippen LogP contribution in [0.5, 0.6) is 0 Å². The van der Waals surface area contributed by atoms with Gasteiger partial charge in [-0.1, -0.05) is 84.0 Å². The standard InChI is InChI=1S/C43H27N5O.Pt/c1-46-25-23-37(45-46)29-11-8-12-30(26-29)47(39-17-9-15-35-36-21-19-28-10-2-3-13-32(28)42(36)49-43(35)39)31-20-22-34-33-14-4-5-16-38(33)48(40(34)27-31)41-18-6-7-24-44-41;/h2-25H,1H3;/q-2;+2. The smallest absolute Gasteiger partial charge is 0.453 e. The Bertz CT molecular complexity index is 2870. The number of hydrogen-bond acceptors (Lipinski definition) is 4. The van der Waals surface area contributed by atoms with Crippen LogP contribution in [0.2, 0.25) is 0 Å². The second-order valence-electron chi connectivity index (χ2n) is 12.2. The number of aromatic nitrogens is 4. The molecule has 10 rings (SSSR count). The molecule has 6 nitrogen and oxygen atoms in total. The second-order valence-corrected chi connectivity index (χ2v) is 12.2. The molecule has 0 aliphatic rings. The second kappa shape index (κ2) is 11.9. The zero-order valence-electron chi connectivity index (χ0n) is 26.8. The van der Waals surface area contributed by atoms with Crippen molar-refractivity contribution in [3.05, 3.63) is 158 Å². The molecule has 6 aromatic carbocycles. The average Bonchev–Trinajstić information content (AvgIpc) is 3.86. The Balaban J connectivity index is 0.00000336. The fourth-order valence-corrected chi connectivity index (χ4v) is 7.11. The number of hydrogen-bond donors (Lipinski definition) is 0. The van der Waals surface area contributed by atoms with Gasteiger partial charge < -0.3 is 13.9 Å². The monoisotopic (exact) mass is 824 g/mol. The molecule has 10 aromatic rings. The van der Waals surface area contributed by atoms with Gasteiger partial charge in [-0.25, -0.2) is 10.1 Å². The number of rotatable bonds is 5. The number of furan rings is 1. The summed E-state index contributed by atoms with van der Waals surface area (Å²) in [6.45, 7) is 0. The normalized spacial score (nSPS) is 11.5. The van der Waals surface area contributed by atoms with Gasteiger partial charge in [0.05, 0.1) is 5.69 Å². The minimum atomic E-state index is 0. The fraction of sp³-hybridized carbons (Fsp3) is 0.0233. The van der Waals surface area contributed by atoms with Crippen molar-refractivity contribution < 1.29 is 25.5 Å². The molecular weight excluding hydrogens is 798 g/mol. The summed E-state index contributed by atoms with van der Waals surface area (Å²) >= 11 is 0. The molecule has 0 bridgehead atoms. The fourth-order valence-electron chi connectivity index (χ4n) is 7.11. The summed E-state index contributed by atoms with van der Waals surface area (Å²) in [6.07, 6.45) is 3.78. The molecule has 240 valence electrons. The van der Waals surface area contributed by atoms with Crippen LogP contribution in [0.1, 0.15) is 0 Å². The van der Waals surface area contributed by atoms with E-state index in [-0.39, 0.29) is 21.1 Å². The summed E-state index contributed by atoms with van der Waals surface area (Å²) in [5.74, 6) is 0.837. The summed E-state index contributed by atoms with van der Waals surface area (Å²) in [4.78, 5) is 6.94. The SMILES string of the molecule is Cn1ccc(-c2[c-]c(N(c3[c-]c4c(cc3)c3ccccc3n4-c3ccccn3)c3cccc4c3oc3c5ccccc5ccc43)ccc2)n1.[Pt+2]. The summed E-state index contributed by atoms with van der Waals surface area (Å²) in [7, 11) is 1.93. The number of fused-ring (bicyclic) bond motifs is 8. The van der Waals surface area contributed by atoms with Gasteiger partial charge in [0.2, 0.25) is 0 Å².